The summed E-state index contributed by atoms with van der Waals surface area (Å²) in [6.07, 6.45) is 5.63. The molecule has 1 unspecified atom stereocenters. The molecule has 4 nitrogen and oxygen atoms in total. The van der Waals surface area contributed by atoms with Gasteiger partial charge in [0.1, 0.15) is 17.3 Å². The van der Waals surface area contributed by atoms with Crippen molar-refractivity contribution in [1.82, 2.24) is 9.55 Å². The van der Waals surface area contributed by atoms with E-state index in [4.69, 9.17) is 10.2 Å². The van der Waals surface area contributed by atoms with Crippen LogP contribution < -0.4 is 5.73 Å². The second-order valence-corrected chi connectivity index (χ2v) is 4.30. The predicted octanol–water partition coefficient (Wildman–Crippen LogP) is 2.44. The molecule has 17 heavy (non-hydrogen) atoms. The van der Waals surface area contributed by atoms with E-state index in [1.807, 2.05) is 31.5 Å². The molecule has 0 aliphatic heterocycles. The molecule has 0 bridgehead atoms. The van der Waals surface area contributed by atoms with Gasteiger partial charge in [-0.15, -0.1) is 0 Å². The Morgan fingerprint density at radius 2 is 2.29 bits per heavy atom. The van der Waals surface area contributed by atoms with Crippen molar-refractivity contribution < 1.29 is 4.42 Å². The Hall–Kier alpha value is -1.55. The zero-order chi connectivity index (χ0) is 12.3. The number of nitrogens with zero attached hydrogens (tertiary/aromatic N) is 2. The van der Waals surface area contributed by atoms with Crippen LogP contribution in [0.5, 0.6) is 0 Å². The van der Waals surface area contributed by atoms with Gasteiger partial charge < -0.3 is 14.7 Å². The molecule has 0 amide bonds. The van der Waals surface area contributed by atoms with Gasteiger partial charge in [-0.25, -0.2) is 4.98 Å². The average molecular weight is 233 g/mol. The Morgan fingerprint density at radius 1 is 1.47 bits per heavy atom. The van der Waals surface area contributed by atoms with Crippen LogP contribution in [0.4, 0.5) is 0 Å². The molecule has 0 spiro atoms. The number of aromatic nitrogens is 2. The van der Waals surface area contributed by atoms with E-state index in [0.29, 0.717) is 6.42 Å². The average Bonchev–Trinajstić information content (AvgIpc) is 2.89. The lowest BCUT2D eigenvalue weighted by Gasteiger charge is -2.10. The van der Waals surface area contributed by atoms with E-state index in [2.05, 4.69) is 16.5 Å². The Bertz CT molecular complexity index is 472. The molecule has 4 heteroatoms. The standard InChI is InChI=1S/C13H19N3O/c1-3-7-16-8-6-15-13(16)9-11(14)12-5-4-10(2)17-12/h4-6,8,11H,3,7,9,14H2,1-2H3. The molecule has 0 saturated carbocycles. The molecule has 0 aromatic carbocycles. The zero-order valence-electron chi connectivity index (χ0n) is 10.4. The summed E-state index contributed by atoms with van der Waals surface area (Å²) in [6.45, 7) is 5.06. The van der Waals surface area contributed by atoms with Crippen LogP contribution in [-0.4, -0.2) is 9.55 Å². The quantitative estimate of drug-likeness (QED) is 0.863. The lowest BCUT2D eigenvalue weighted by atomic mass is 10.1. The summed E-state index contributed by atoms with van der Waals surface area (Å²) in [5, 5.41) is 0. The Morgan fingerprint density at radius 3 is 2.94 bits per heavy atom. The van der Waals surface area contributed by atoms with Crippen molar-refractivity contribution in [3.63, 3.8) is 0 Å². The minimum Gasteiger partial charge on any atom is -0.465 e. The van der Waals surface area contributed by atoms with Gasteiger partial charge in [0, 0.05) is 25.4 Å². The Labute approximate surface area is 101 Å². The maximum absolute atomic E-state index is 6.12. The number of furan rings is 1. The van der Waals surface area contributed by atoms with E-state index in [1.165, 1.54) is 0 Å². The normalized spacial score (nSPS) is 12.9. The van der Waals surface area contributed by atoms with Crippen molar-refractivity contribution in [3.8, 4) is 0 Å². The van der Waals surface area contributed by atoms with E-state index in [0.717, 1.165) is 30.3 Å². The molecule has 2 heterocycles. The van der Waals surface area contributed by atoms with Crippen LogP contribution in [0.3, 0.4) is 0 Å². The fourth-order valence-electron chi connectivity index (χ4n) is 1.92. The third-order valence-electron chi connectivity index (χ3n) is 2.80. The van der Waals surface area contributed by atoms with Crippen LogP contribution in [0.2, 0.25) is 0 Å². The van der Waals surface area contributed by atoms with Crippen LogP contribution >= 0.6 is 0 Å². The predicted molar refractivity (Wildman–Crippen MR) is 66.6 cm³/mol. The van der Waals surface area contributed by atoms with Crippen LogP contribution in [0, 0.1) is 6.92 Å². The molecule has 0 radical (unpaired) electrons. The highest BCUT2D eigenvalue weighted by atomic mass is 16.3. The fourth-order valence-corrected chi connectivity index (χ4v) is 1.92. The van der Waals surface area contributed by atoms with Gasteiger partial charge in [0.25, 0.3) is 0 Å². The molecular formula is C13H19N3O. The van der Waals surface area contributed by atoms with E-state index < -0.39 is 0 Å². The summed E-state index contributed by atoms with van der Waals surface area (Å²) in [6, 6.07) is 3.75. The summed E-state index contributed by atoms with van der Waals surface area (Å²) < 4.78 is 7.68. The molecule has 0 saturated heterocycles. The first-order valence-electron chi connectivity index (χ1n) is 6.02. The second-order valence-electron chi connectivity index (χ2n) is 4.30. The van der Waals surface area contributed by atoms with Crippen LogP contribution in [0.1, 0.15) is 36.7 Å². The molecule has 2 rings (SSSR count). The third-order valence-corrected chi connectivity index (χ3v) is 2.80. The van der Waals surface area contributed by atoms with Gasteiger partial charge in [-0.2, -0.15) is 0 Å². The summed E-state index contributed by atoms with van der Waals surface area (Å²) in [5.41, 5.74) is 6.12. The highest BCUT2D eigenvalue weighted by Gasteiger charge is 2.13. The number of aryl methyl sites for hydroxylation is 2. The number of hydrogen-bond acceptors (Lipinski definition) is 3. The molecule has 2 aromatic rings. The van der Waals surface area contributed by atoms with Crippen LogP contribution in [0.15, 0.2) is 28.9 Å². The first kappa shape index (κ1) is 11.9. The van der Waals surface area contributed by atoms with Crippen molar-refractivity contribution in [1.29, 1.82) is 0 Å². The lowest BCUT2D eigenvalue weighted by molar-refractivity contribution is 0.438. The number of hydrogen-bond donors (Lipinski definition) is 1. The SMILES string of the molecule is CCCn1ccnc1CC(N)c1ccc(C)o1. The summed E-state index contributed by atoms with van der Waals surface area (Å²) in [5.74, 6) is 2.74. The van der Waals surface area contributed by atoms with Crippen molar-refractivity contribution in [2.75, 3.05) is 0 Å². The van der Waals surface area contributed by atoms with Crippen molar-refractivity contribution in [2.45, 2.75) is 39.3 Å². The number of rotatable bonds is 5. The molecule has 2 N–H and O–H groups in total. The van der Waals surface area contributed by atoms with Crippen LogP contribution in [-0.2, 0) is 13.0 Å². The first-order chi connectivity index (χ1) is 8.20. The largest absolute Gasteiger partial charge is 0.465 e. The Balaban J connectivity index is 2.07. The molecular weight excluding hydrogens is 214 g/mol. The topological polar surface area (TPSA) is 57.0 Å². The van der Waals surface area contributed by atoms with E-state index >= 15 is 0 Å². The van der Waals surface area contributed by atoms with Crippen molar-refractivity contribution >= 4 is 0 Å². The van der Waals surface area contributed by atoms with E-state index in [9.17, 15) is 0 Å². The highest BCUT2D eigenvalue weighted by Crippen LogP contribution is 2.17. The maximum atomic E-state index is 6.12. The number of imidazole rings is 1. The van der Waals surface area contributed by atoms with Gasteiger partial charge in [-0.3, -0.25) is 0 Å². The van der Waals surface area contributed by atoms with Gasteiger partial charge in [0.2, 0.25) is 0 Å². The summed E-state index contributed by atoms with van der Waals surface area (Å²) >= 11 is 0. The van der Waals surface area contributed by atoms with Crippen molar-refractivity contribution in [2.24, 2.45) is 5.73 Å². The van der Waals surface area contributed by atoms with Gasteiger partial charge >= 0.3 is 0 Å². The summed E-state index contributed by atoms with van der Waals surface area (Å²) in [4.78, 5) is 4.35. The van der Waals surface area contributed by atoms with Gasteiger partial charge in [0.05, 0.1) is 6.04 Å². The summed E-state index contributed by atoms with van der Waals surface area (Å²) in [7, 11) is 0. The maximum Gasteiger partial charge on any atom is 0.121 e. The van der Waals surface area contributed by atoms with Gasteiger partial charge in [-0.05, 0) is 25.5 Å². The molecule has 0 fully saturated rings. The number of nitrogens with two attached hydrogens (primary N) is 1. The monoisotopic (exact) mass is 233 g/mol. The molecule has 0 aliphatic rings. The third kappa shape index (κ3) is 2.77. The Kier molecular flexibility index (Phi) is 3.64. The van der Waals surface area contributed by atoms with Crippen molar-refractivity contribution in [3.05, 3.63) is 41.9 Å². The zero-order valence-corrected chi connectivity index (χ0v) is 10.4. The lowest BCUT2D eigenvalue weighted by Crippen LogP contribution is -2.16. The smallest absolute Gasteiger partial charge is 0.121 e. The highest BCUT2D eigenvalue weighted by molar-refractivity contribution is 5.11. The molecule has 2 aromatic heterocycles. The molecule has 0 aliphatic carbocycles. The fraction of sp³-hybridized carbons (Fsp3) is 0.462. The minimum absolute atomic E-state index is 0.123. The minimum atomic E-state index is -0.123. The van der Waals surface area contributed by atoms with Gasteiger partial charge in [-0.1, -0.05) is 6.92 Å². The molecule has 92 valence electrons. The van der Waals surface area contributed by atoms with Crippen LogP contribution in [0.25, 0.3) is 0 Å². The second kappa shape index (κ2) is 5.19. The first-order valence-corrected chi connectivity index (χ1v) is 6.02. The van der Waals surface area contributed by atoms with E-state index in [-0.39, 0.29) is 6.04 Å². The molecule has 1 atom stereocenters. The van der Waals surface area contributed by atoms with Gasteiger partial charge in [0.15, 0.2) is 0 Å². The van der Waals surface area contributed by atoms with E-state index in [1.54, 1.807) is 0 Å².